The number of benzene rings is 13. The Morgan fingerprint density at radius 3 is 1.06 bits per heavy atom. The highest BCUT2D eigenvalue weighted by Gasteiger charge is 2.54. The van der Waals surface area contributed by atoms with Crippen LogP contribution < -0.4 is 25.1 Å². The predicted molar refractivity (Wildman–Crippen MR) is 387 cm³/mol. The van der Waals surface area contributed by atoms with Gasteiger partial charge >= 0.3 is 12.4 Å². The van der Waals surface area contributed by atoms with E-state index in [1.54, 1.807) is 12.1 Å². The molecule has 0 N–H and O–H groups in total. The van der Waals surface area contributed by atoms with Crippen LogP contribution in [0.25, 0.3) is 76.5 Å². The number of alkyl halides is 6. The molecule has 17 rings (SSSR count). The molecule has 96 heavy (non-hydrogen) atoms. The van der Waals surface area contributed by atoms with Crippen LogP contribution in [0.3, 0.4) is 0 Å². The van der Waals surface area contributed by atoms with Gasteiger partial charge in [0.15, 0.2) is 11.2 Å². The summed E-state index contributed by atoms with van der Waals surface area (Å²) in [6, 6.07) is 86.2. The number of rotatable bonds is 9. The van der Waals surface area contributed by atoms with E-state index < -0.39 is 45.0 Å². The fraction of sp³-hybridized carbons (Fsp3) is 0.108. The van der Waals surface area contributed by atoms with Crippen LogP contribution in [0, 0.1) is 0 Å². The van der Waals surface area contributed by atoms with Crippen LogP contribution in [0.5, 0.6) is 0 Å². The quantitative estimate of drug-likeness (QED) is 0.106. The predicted octanol–water partition coefficient (Wildman–Crippen LogP) is 24.0. The second-order valence-corrected chi connectivity index (χ2v) is 37.5. The molecule has 470 valence electrons. The van der Waals surface area contributed by atoms with Crippen molar-refractivity contribution in [3.63, 3.8) is 0 Å². The van der Waals surface area contributed by atoms with Crippen molar-refractivity contribution < 1.29 is 35.2 Å². The largest absolute Gasteiger partial charge is 0.453 e. The van der Waals surface area contributed by atoms with E-state index in [0.717, 1.165) is 107 Å². The lowest BCUT2D eigenvalue weighted by Crippen LogP contribution is -2.37. The summed E-state index contributed by atoms with van der Waals surface area (Å²) in [4.78, 5) is 6.69. The van der Waals surface area contributed by atoms with Gasteiger partial charge in [-0.3, -0.25) is 0 Å². The van der Waals surface area contributed by atoms with Crippen molar-refractivity contribution in [3.8, 4) is 11.1 Å². The third-order valence-corrected chi connectivity index (χ3v) is 23.9. The van der Waals surface area contributed by atoms with Crippen LogP contribution >= 0.6 is 0 Å². The monoisotopic (exact) mass is 1300 g/mol. The summed E-state index contributed by atoms with van der Waals surface area (Å²) >= 11 is 0. The van der Waals surface area contributed by atoms with Crippen molar-refractivity contribution in [3.05, 3.63) is 294 Å². The molecule has 0 unspecified atom stereocenters. The lowest BCUT2D eigenvalue weighted by Gasteiger charge is -2.45. The molecule has 2 aliphatic rings. The van der Waals surface area contributed by atoms with Crippen molar-refractivity contribution >= 4 is 143 Å². The van der Waals surface area contributed by atoms with Gasteiger partial charge in [-0.05, 0) is 129 Å². The van der Waals surface area contributed by atoms with Gasteiger partial charge in [-0.2, -0.15) is 26.3 Å². The van der Waals surface area contributed by atoms with E-state index in [4.69, 9.17) is 8.83 Å². The second kappa shape index (κ2) is 21.2. The summed E-state index contributed by atoms with van der Waals surface area (Å²) in [6.45, 7) is 13.8. The lowest BCUT2D eigenvalue weighted by atomic mass is 9.64. The van der Waals surface area contributed by atoms with Crippen LogP contribution in [0.15, 0.2) is 270 Å². The zero-order chi connectivity index (χ0) is 65.9. The number of para-hydroxylation sites is 7. The van der Waals surface area contributed by atoms with Gasteiger partial charge < -0.3 is 23.5 Å². The van der Waals surface area contributed by atoms with E-state index >= 15 is 26.3 Å². The minimum atomic E-state index is -4.69. The molecule has 0 saturated heterocycles. The molecule has 15 aromatic rings. The number of halogens is 6. The Morgan fingerprint density at radius 1 is 0.323 bits per heavy atom. The van der Waals surface area contributed by atoms with Gasteiger partial charge in [0.25, 0.3) is 0 Å². The van der Waals surface area contributed by atoms with E-state index in [9.17, 15) is 0 Å². The Morgan fingerprint density at radius 2 is 0.667 bits per heavy atom. The third-order valence-electron chi connectivity index (χ3n) is 19.8. The Bertz CT molecular complexity index is 5360. The molecule has 0 radical (unpaired) electrons. The Balaban J connectivity index is 1.03. The fourth-order valence-electron chi connectivity index (χ4n) is 15.5. The maximum absolute atomic E-state index is 15.1. The minimum absolute atomic E-state index is 0.237. The van der Waals surface area contributed by atoms with Gasteiger partial charge in [0.05, 0.1) is 66.8 Å². The standard InChI is InChI=1S/C83H61F6N3O2Si2/c1-95(2,3)53-44-40-51(41-45-53)91(71-38-20-30-61-59-28-18-34-65(82(84,85)86)77(59)93-79(61)71)73-48-67-75(57-26-12-10-24-55(57)73)76-58-27-13-11-25-56(58)74(49-68(76)81(67)63-32-14-16-36-69(63)90(50-22-8-7-9-23-50)70-37-17-15-33-64(70)81)92(52-42-46-54(47-43-52)96(4,5)6)72-39-21-31-62-60-29-19-35-66(83(87,88)89)78(60)94-80(62)72/h7-49H,1-6H3. The maximum Gasteiger partial charge on any atom is 0.420 e. The molecule has 13 heteroatoms. The highest BCUT2D eigenvalue weighted by atomic mass is 28.3. The molecule has 1 spiro atoms. The van der Waals surface area contributed by atoms with Crippen LogP contribution in [-0.4, -0.2) is 16.1 Å². The number of hydrogen-bond acceptors (Lipinski definition) is 5. The van der Waals surface area contributed by atoms with E-state index in [0.29, 0.717) is 44.1 Å². The summed E-state index contributed by atoms with van der Waals surface area (Å²) in [5.41, 5.74) is 10.2. The first-order valence-corrected chi connectivity index (χ1v) is 39.2. The molecule has 1 aliphatic carbocycles. The van der Waals surface area contributed by atoms with Crippen molar-refractivity contribution in [1.82, 2.24) is 0 Å². The van der Waals surface area contributed by atoms with Gasteiger partial charge in [-0.1, -0.05) is 226 Å². The zero-order valence-corrected chi connectivity index (χ0v) is 55.3. The highest BCUT2D eigenvalue weighted by molar-refractivity contribution is 6.89. The average molecular weight is 1300 g/mol. The Kier molecular flexibility index (Phi) is 13.1. The minimum Gasteiger partial charge on any atom is -0.453 e. The van der Waals surface area contributed by atoms with Gasteiger partial charge in [-0.15, -0.1) is 0 Å². The normalized spacial score (nSPS) is 13.7. The van der Waals surface area contributed by atoms with Crippen molar-refractivity contribution in [2.45, 2.75) is 57.0 Å². The van der Waals surface area contributed by atoms with Crippen molar-refractivity contribution in [2.75, 3.05) is 14.7 Å². The molecule has 2 aromatic heterocycles. The highest BCUT2D eigenvalue weighted by Crippen LogP contribution is 2.68. The average Bonchev–Trinajstić information content (AvgIpc) is 1.48. The fourth-order valence-corrected chi connectivity index (χ4v) is 17.8. The summed E-state index contributed by atoms with van der Waals surface area (Å²) in [5.74, 6) is 0. The van der Waals surface area contributed by atoms with Crippen LogP contribution in [-0.2, 0) is 17.8 Å². The van der Waals surface area contributed by atoms with Crippen molar-refractivity contribution in [2.24, 2.45) is 0 Å². The summed E-state index contributed by atoms with van der Waals surface area (Å²) in [7, 11) is -3.75. The first-order chi connectivity index (χ1) is 46.2. The second-order valence-electron chi connectivity index (χ2n) is 27.3. The van der Waals surface area contributed by atoms with Gasteiger partial charge in [0.1, 0.15) is 11.2 Å². The lowest BCUT2D eigenvalue weighted by molar-refractivity contribution is -0.137. The first kappa shape index (κ1) is 59.2. The van der Waals surface area contributed by atoms with Crippen LogP contribution in [0.4, 0.5) is 77.5 Å². The zero-order valence-electron chi connectivity index (χ0n) is 53.3. The van der Waals surface area contributed by atoms with E-state index in [-0.39, 0.29) is 11.2 Å². The molecular formula is C83H61F6N3O2Si2. The summed E-state index contributed by atoms with van der Waals surface area (Å²) < 4.78 is 104. The molecule has 0 atom stereocenters. The topological polar surface area (TPSA) is 36.0 Å². The van der Waals surface area contributed by atoms with Crippen LogP contribution in [0.1, 0.15) is 33.4 Å². The van der Waals surface area contributed by atoms with Gasteiger partial charge in [0, 0.05) is 49.4 Å². The van der Waals surface area contributed by atoms with Gasteiger partial charge in [-0.25, -0.2) is 0 Å². The number of nitrogens with zero attached hydrogens (tertiary/aromatic N) is 3. The Hall–Kier alpha value is -10.6. The Labute approximate surface area is 552 Å². The van der Waals surface area contributed by atoms with Crippen LogP contribution in [0.2, 0.25) is 39.3 Å². The maximum atomic E-state index is 15.1. The van der Waals surface area contributed by atoms with Gasteiger partial charge in [0.2, 0.25) is 0 Å². The number of fused-ring (bicyclic) bond motifs is 19. The number of furan rings is 2. The molecule has 1 aliphatic heterocycles. The SMILES string of the molecule is C[Si](C)(C)c1ccc(N(c2cc3c(c4ccccc24)-c2c(cc(N(c4ccc([Si](C)(C)C)cc4)c4cccc5c4oc4c(C(F)(F)F)cccc45)c4ccccc24)C32c3ccccc3N(c3ccccc3)c3ccccc32)c2cccc3c2oc2c(C(F)(F)F)cccc23)cc1. The molecule has 0 saturated carbocycles. The molecule has 5 nitrogen and oxygen atoms in total. The molecule has 0 bridgehead atoms. The first-order valence-electron chi connectivity index (χ1n) is 32.2. The number of hydrogen-bond donors (Lipinski definition) is 0. The van der Waals surface area contributed by atoms with E-state index in [2.05, 4.69) is 224 Å². The smallest absolute Gasteiger partial charge is 0.420 e. The van der Waals surface area contributed by atoms with E-state index in [1.165, 1.54) is 22.5 Å². The molecular weight excluding hydrogens is 1240 g/mol. The summed E-state index contributed by atoms with van der Waals surface area (Å²) in [6.07, 6.45) is -9.38. The number of anilines is 9. The third kappa shape index (κ3) is 8.82. The molecule has 3 heterocycles. The van der Waals surface area contributed by atoms with Crippen molar-refractivity contribution in [1.29, 1.82) is 0 Å². The molecule has 13 aromatic carbocycles. The molecule has 0 fully saturated rings. The summed E-state index contributed by atoms with van der Waals surface area (Å²) in [5, 5.41) is 7.91. The van der Waals surface area contributed by atoms with E-state index in [1.807, 2.05) is 54.6 Å². The molecule has 0 amide bonds.